The molecule has 6 nitrogen and oxygen atoms in total. The number of benzene rings is 1. The van der Waals surface area contributed by atoms with Crippen LogP contribution in [0.2, 0.25) is 0 Å². The average molecular weight is 272 g/mol. The number of nitrogens with one attached hydrogen (secondary N) is 2. The molecule has 1 rings (SSSR count). The lowest BCUT2D eigenvalue weighted by atomic mass is 10.2. The van der Waals surface area contributed by atoms with Crippen molar-refractivity contribution in [2.24, 2.45) is 0 Å². The summed E-state index contributed by atoms with van der Waals surface area (Å²) < 4.78 is 24.7. The van der Waals surface area contributed by atoms with Gasteiger partial charge in [0.1, 0.15) is 6.04 Å². The van der Waals surface area contributed by atoms with Gasteiger partial charge >= 0.3 is 5.97 Å². The Hall–Kier alpha value is -1.76. The van der Waals surface area contributed by atoms with Crippen LogP contribution in [0.25, 0.3) is 0 Å². The molecule has 0 saturated carbocycles. The first-order valence-corrected chi connectivity index (χ1v) is 7.28. The Morgan fingerprint density at radius 1 is 1.33 bits per heavy atom. The molecule has 7 heteroatoms. The van der Waals surface area contributed by atoms with Crippen LogP contribution in [0.3, 0.4) is 0 Å². The molecule has 0 aliphatic heterocycles. The number of aliphatic carboxylic acids is 1. The molecule has 0 radical (unpaired) electrons. The molecule has 0 fully saturated rings. The third-order valence-electron chi connectivity index (χ3n) is 2.26. The molecule has 0 bridgehead atoms. The molecule has 0 heterocycles. The number of para-hydroxylation sites is 2. The van der Waals surface area contributed by atoms with Gasteiger partial charge in [0.25, 0.3) is 0 Å². The Bertz CT molecular complexity index is 528. The largest absolute Gasteiger partial charge is 0.480 e. The van der Waals surface area contributed by atoms with Crippen molar-refractivity contribution in [3.05, 3.63) is 24.3 Å². The van der Waals surface area contributed by atoms with E-state index in [1.54, 1.807) is 31.2 Å². The summed E-state index contributed by atoms with van der Waals surface area (Å²) >= 11 is 0. The minimum Gasteiger partial charge on any atom is -0.480 e. The summed E-state index contributed by atoms with van der Waals surface area (Å²) in [5.74, 6) is -0.980. The fourth-order valence-corrected chi connectivity index (χ4v) is 2.00. The maximum absolute atomic E-state index is 11.2. The van der Waals surface area contributed by atoms with Crippen LogP contribution in [-0.2, 0) is 14.8 Å². The summed E-state index contributed by atoms with van der Waals surface area (Å²) in [5, 5.41) is 11.7. The first-order chi connectivity index (χ1) is 8.33. The van der Waals surface area contributed by atoms with Crippen LogP contribution in [-0.4, -0.2) is 31.8 Å². The van der Waals surface area contributed by atoms with Crippen LogP contribution in [0, 0.1) is 0 Å². The summed E-state index contributed by atoms with van der Waals surface area (Å²) in [5.41, 5.74) is 0.775. The van der Waals surface area contributed by atoms with Gasteiger partial charge in [0.15, 0.2) is 0 Å². The number of anilines is 2. The van der Waals surface area contributed by atoms with Crippen molar-refractivity contribution in [2.45, 2.75) is 19.4 Å². The number of rotatable bonds is 6. The van der Waals surface area contributed by atoms with Gasteiger partial charge in [0.2, 0.25) is 10.0 Å². The number of sulfonamides is 1. The minimum atomic E-state index is -3.40. The van der Waals surface area contributed by atoms with Gasteiger partial charge in [-0.25, -0.2) is 13.2 Å². The van der Waals surface area contributed by atoms with Crippen LogP contribution in [0.1, 0.15) is 13.3 Å². The summed E-state index contributed by atoms with van der Waals surface area (Å²) in [7, 11) is -3.40. The summed E-state index contributed by atoms with van der Waals surface area (Å²) in [6.45, 7) is 1.73. The van der Waals surface area contributed by atoms with Crippen LogP contribution in [0.15, 0.2) is 24.3 Å². The van der Waals surface area contributed by atoms with Crippen LogP contribution in [0.4, 0.5) is 11.4 Å². The van der Waals surface area contributed by atoms with Crippen molar-refractivity contribution in [3.63, 3.8) is 0 Å². The lowest BCUT2D eigenvalue weighted by molar-refractivity contribution is -0.137. The van der Waals surface area contributed by atoms with Gasteiger partial charge in [-0.1, -0.05) is 19.1 Å². The highest BCUT2D eigenvalue weighted by molar-refractivity contribution is 7.92. The first kappa shape index (κ1) is 14.3. The monoisotopic (exact) mass is 272 g/mol. The van der Waals surface area contributed by atoms with E-state index in [-0.39, 0.29) is 0 Å². The Balaban J connectivity index is 2.98. The Labute approximate surface area is 106 Å². The zero-order chi connectivity index (χ0) is 13.8. The SMILES string of the molecule is CCC(Nc1ccccc1NS(C)(=O)=O)C(=O)O. The van der Waals surface area contributed by atoms with Gasteiger partial charge in [-0.15, -0.1) is 0 Å². The normalized spacial score (nSPS) is 12.8. The van der Waals surface area contributed by atoms with Gasteiger partial charge in [0, 0.05) is 0 Å². The molecule has 18 heavy (non-hydrogen) atoms. The van der Waals surface area contributed by atoms with Crippen LogP contribution in [0.5, 0.6) is 0 Å². The van der Waals surface area contributed by atoms with Crippen molar-refractivity contribution in [1.82, 2.24) is 0 Å². The standard InChI is InChI=1S/C11H16N2O4S/c1-3-8(11(14)15)12-9-6-4-5-7-10(9)13-18(2,16)17/h4-8,12-13H,3H2,1-2H3,(H,14,15). The molecule has 0 aliphatic rings. The van der Waals surface area contributed by atoms with Crippen molar-refractivity contribution >= 4 is 27.4 Å². The lowest BCUT2D eigenvalue weighted by Crippen LogP contribution is -2.28. The molecule has 0 aromatic heterocycles. The topological polar surface area (TPSA) is 95.5 Å². The molecule has 0 aliphatic carbocycles. The third-order valence-corrected chi connectivity index (χ3v) is 2.85. The maximum atomic E-state index is 11.2. The maximum Gasteiger partial charge on any atom is 0.326 e. The molecular formula is C11H16N2O4S. The van der Waals surface area contributed by atoms with Gasteiger partial charge in [0.05, 0.1) is 17.6 Å². The zero-order valence-corrected chi connectivity index (χ0v) is 11.0. The van der Waals surface area contributed by atoms with Crippen molar-refractivity contribution < 1.29 is 18.3 Å². The molecule has 1 atom stereocenters. The lowest BCUT2D eigenvalue weighted by Gasteiger charge is -2.17. The van der Waals surface area contributed by atoms with E-state index in [1.807, 2.05) is 0 Å². The molecular weight excluding hydrogens is 256 g/mol. The van der Waals surface area contributed by atoms with Gasteiger partial charge in [-0.05, 0) is 18.6 Å². The Kier molecular flexibility index (Phi) is 4.55. The van der Waals surface area contributed by atoms with E-state index >= 15 is 0 Å². The molecule has 3 N–H and O–H groups in total. The molecule has 0 spiro atoms. The van der Waals surface area contributed by atoms with Crippen LogP contribution >= 0.6 is 0 Å². The first-order valence-electron chi connectivity index (χ1n) is 5.39. The Morgan fingerprint density at radius 2 is 1.89 bits per heavy atom. The quantitative estimate of drug-likeness (QED) is 0.726. The molecule has 100 valence electrons. The van der Waals surface area contributed by atoms with E-state index in [4.69, 9.17) is 5.11 Å². The van der Waals surface area contributed by atoms with E-state index in [1.165, 1.54) is 0 Å². The van der Waals surface area contributed by atoms with Crippen LogP contribution < -0.4 is 10.0 Å². The predicted octanol–water partition coefficient (Wildman–Crippen LogP) is 1.33. The van der Waals surface area contributed by atoms with Crippen molar-refractivity contribution in [3.8, 4) is 0 Å². The number of hydrogen-bond donors (Lipinski definition) is 3. The highest BCUT2D eigenvalue weighted by atomic mass is 32.2. The summed E-state index contributed by atoms with van der Waals surface area (Å²) in [4.78, 5) is 10.9. The zero-order valence-electron chi connectivity index (χ0n) is 10.2. The fraction of sp³-hybridized carbons (Fsp3) is 0.364. The number of carboxylic acid groups (broad SMARTS) is 1. The molecule has 0 amide bonds. The van der Waals surface area contributed by atoms with Crippen molar-refractivity contribution in [1.29, 1.82) is 0 Å². The number of carbonyl (C=O) groups is 1. The van der Waals surface area contributed by atoms with E-state index in [0.29, 0.717) is 17.8 Å². The Morgan fingerprint density at radius 3 is 2.33 bits per heavy atom. The smallest absolute Gasteiger partial charge is 0.326 e. The predicted molar refractivity (Wildman–Crippen MR) is 70.2 cm³/mol. The van der Waals surface area contributed by atoms with Gasteiger partial charge in [-0.2, -0.15) is 0 Å². The number of hydrogen-bond acceptors (Lipinski definition) is 4. The summed E-state index contributed by atoms with van der Waals surface area (Å²) in [6.07, 6.45) is 1.43. The molecule has 0 saturated heterocycles. The van der Waals surface area contributed by atoms with E-state index in [2.05, 4.69) is 10.0 Å². The second kappa shape index (κ2) is 5.72. The summed E-state index contributed by atoms with van der Waals surface area (Å²) in [6, 6.07) is 5.80. The van der Waals surface area contributed by atoms with Gasteiger partial charge < -0.3 is 10.4 Å². The van der Waals surface area contributed by atoms with Crippen molar-refractivity contribution in [2.75, 3.05) is 16.3 Å². The molecule has 1 aromatic carbocycles. The second-order valence-electron chi connectivity index (χ2n) is 3.86. The second-order valence-corrected chi connectivity index (χ2v) is 5.61. The minimum absolute atomic E-state index is 0.333. The number of carboxylic acids is 1. The molecule has 1 aromatic rings. The highest BCUT2D eigenvalue weighted by Gasteiger charge is 2.16. The van der Waals surface area contributed by atoms with E-state index in [9.17, 15) is 13.2 Å². The average Bonchev–Trinajstić information content (AvgIpc) is 2.25. The van der Waals surface area contributed by atoms with E-state index in [0.717, 1.165) is 6.26 Å². The molecule has 1 unspecified atom stereocenters. The fourth-order valence-electron chi connectivity index (χ4n) is 1.42. The van der Waals surface area contributed by atoms with E-state index < -0.39 is 22.0 Å². The highest BCUT2D eigenvalue weighted by Crippen LogP contribution is 2.23. The van der Waals surface area contributed by atoms with Gasteiger partial charge in [-0.3, -0.25) is 4.72 Å². The third kappa shape index (κ3) is 4.25.